The van der Waals surface area contributed by atoms with Gasteiger partial charge in [-0.1, -0.05) is 13.5 Å². The number of nitrogens with zero attached hydrogens (tertiary/aromatic N) is 2. The summed E-state index contributed by atoms with van der Waals surface area (Å²) in [5.41, 5.74) is 5.42. The molecule has 0 aromatic carbocycles. The fourth-order valence-corrected chi connectivity index (χ4v) is 1.34. The van der Waals surface area contributed by atoms with Gasteiger partial charge in [0.15, 0.2) is 0 Å². The lowest BCUT2D eigenvalue weighted by Crippen LogP contribution is -2.32. The zero-order valence-electron chi connectivity index (χ0n) is 9.95. The number of rotatable bonds is 6. The van der Waals surface area contributed by atoms with Gasteiger partial charge in [0.1, 0.15) is 0 Å². The molecule has 0 aliphatic heterocycles. The zero-order valence-corrected chi connectivity index (χ0v) is 9.95. The maximum Gasteiger partial charge on any atom is 0.260 e. The van der Waals surface area contributed by atoms with E-state index in [0.717, 1.165) is 0 Å². The van der Waals surface area contributed by atoms with E-state index in [1.807, 2.05) is 0 Å². The van der Waals surface area contributed by atoms with Gasteiger partial charge in [0, 0.05) is 31.0 Å². The predicted octanol–water partition coefficient (Wildman–Crippen LogP) is 2.22. The molecule has 0 saturated carbocycles. The number of allylic oxidation sites excluding steroid dienone is 1. The van der Waals surface area contributed by atoms with E-state index in [1.54, 1.807) is 25.9 Å². The molecule has 0 amide bonds. The van der Waals surface area contributed by atoms with Gasteiger partial charge in [-0.05, 0) is 13.0 Å². The number of hydrogen-bond acceptors (Lipinski definition) is 3. The first-order valence-corrected chi connectivity index (χ1v) is 4.94. The Labute approximate surface area is 95.3 Å². The second-order valence-corrected chi connectivity index (χ2v) is 3.76. The van der Waals surface area contributed by atoms with E-state index in [-0.39, 0.29) is 23.2 Å². The molecule has 2 N–H and O–H groups in total. The fraction of sp³-hybridized carbons (Fsp3) is 0.545. The first-order valence-electron chi connectivity index (χ1n) is 4.94. The van der Waals surface area contributed by atoms with E-state index in [1.165, 1.54) is 6.08 Å². The van der Waals surface area contributed by atoms with Crippen LogP contribution in [-0.4, -0.2) is 31.2 Å². The van der Waals surface area contributed by atoms with Gasteiger partial charge in [0.25, 0.3) is 6.43 Å². The van der Waals surface area contributed by atoms with E-state index in [4.69, 9.17) is 5.73 Å². The second-order valence-electron chi connectivity index (χ2n) is 3.76. The van der Waals surface area contributed by atoms with E-state index in [0.29, 0.717) is 0 Å². The molecule has 0 spiro atoms. The highest BCUT2D eigenvalue weighted by atomic mass is 19.3. The molecule has 2 unspecified atom stereocenters. The Hall–Kier alpha value is -1.39. The van der Waals surface area contributed by atoms with Crippen molar-refractivity contribution < 1.29 is 8.78 Å². The lowest BCUT2D eigenvalue weighted by Gasteiger charge is -2.28. The number of alkyl halides is 2. The van der Waals surface area contributed by atoms with Crippen molar-refractivity contribution in [1.29, 1.82) is 0 Å². The average molecular weight is 231 g/mol. The summed E-state index contributed by atoms with van der Waals surface area (Å²) < 4.78 is 25.6. The summed E-state index contributed by atoms with van der Waals surface area (Å²) >= 11 is 0. The summed E-state index contributed by atoms with van der Waals surface area (Å²) in [5, 5.41) is 5.23. The largest absolute Gasteiger partial charge is 0.399 e. The summed E-state index contributed by atoms with van der Waals surface area (Å²) in [7, 11) is 1.69. The standard InChI is InChI=1S/C11H19F2N3/c1-7(14)6-10(11(12)13)8(2)9(3)16(5)15-4/h6,8-9,11H,1,4,14H2,2-3,5H3/b10-6+. The van der Waals surface area contributed by atoms with Crippen LogP contribution in [-0.2, 0) is 0 Å². The summed E-state index contributed by atoms with van der Waals surface area (Å²) in [6.45, 7) is 10.3. The normalized spacial score (nSPS) is 15.8. The third-order valence-corrected chi connectivity index (χ3v) is 2.67. The molecule has 92 valence electrons. The Morgan fingerprint density at radius 2 is 1.94 bits per heavy atom. The minimum absolute atomic E-state index is 0.0319. The molecule has 2 atom stereocenters. The van der Waals surface area contributed by atoms with Gasteiger partial charge in [-0.3, -0.25) is 5.01 Å². The molecule has 0 fully saturated rings. The van der Waals surface area contributed by atoms with Crippen LogP contribution in [0.2, 0.25) is 0 Å². The van der Waals surface area contributed by atoms with Gasteiger partial charge in [-0.25, -0.2) is 8.78 Å². The van der Waals surface area contributed by atoms with Crippen LogP contribution in [0.1, 0.15) is 13.8 Å². The van der Waals surface area contributed by atoms with Crippen molar-refractivity contribution in [2.75, 3.05) is 7.05 Å². The summed E-state index contributed by atoms with van der Waals surface area (Å²) in [6.07, 6.45) is -1.32. The Bertz CT molecular complexity index is 287. The molecule has 0 saturated heterocycles. The fourth-order valence-electron chi connectivity index (χ4n) is 1.34. The summed E-state index contributed by atoms with van der Waals surface area (Å²) in [4.78, 5) is 0. The highest BCUT2D eigenvalue weighted by Gasteiger charge is 2.25. The monoisotopic (exact) mass is 231 g/mol. The molecule has 0 bridgehead atoms. The third kappa shape index (κ3) is 4.00. The number of hydrazone groups is 1. The Kier molecular flexibility index (Phi) is 5.71. The molecule has 0 aliphatic carbocycles. The van der Waals surface area contributed by atoms with E-state index in [9.17, 15) is 8.78 Å². The van der Waals surface area contributed by atoms with Gasteiger partial charge < -0.3 is 5.73 Å². The van der Waals surface area contributed by atoms with Crippen LogP contribution in [0.15, 0.2) is 29.0 Å². The molecule has 5 heteroatoms. The van der Waals surface area contributed by atoms with Crippen LogP contribution in [0.25, 0.3) is 0 Å². The molecule has 0 rings (SSSR count). The van der Waals surface area contributed by atoms with Crippen molar-refractivity contribution in [3.05, 3.63) is 23.9 Å². The minimum Gasteiger partial charge on any atom is -0.399 e. The topological polar surface area (TPSA) is 41.6 Å². The molecule has 16 heavy (non-hydrogen) atoms. The van der Waals surface area contributed by atoms with Gasteiger partial charge >= 0.3 is 0 Å². The quantitative estimate of drug-likeness (QED) is 0.432. The van der Waals surface area contributed by atoms with Gasteiger partial charge in [0.2, 0.25) is 0 Å². The Morgan fingerprint density at radius 3 is 2.25 bits per heavy atom. The SMILES string of the molecule is C=NN(C)C(C)C(C)/C(=C\C(=C)N)C(F)F. The molecular weight excluding hydrogens is 212 g/mol. The molecule has 0 radical (unpaired) electrons. The first kappa shape index (κ1) is 14.6. The van der Waals surface area contributed by atoms with Crippen LogP contribution in [0, 0.1) is 5.92 Å². The molecule has 0 aromatic rings. The molecule has 0 aromatic heterocycles. The third-order valence-electron chi connectivity index (χ3n) is 2.67. The van der Waals surface area contributed by atoms with E-state index >= 15 is 0 Å². The van der Waals surface area contributed by atoms with Crippen molar-refractivity contribution >= 4 is 6.72 Å². The van der Waals surface area contributed by atoms with Crippen molar-refractivity contribution in [2.24, 2.45) is 16.8 Å². The van der Waals surface area contributed by atoms with Crippen LogP contribution in [0.3, 0.4) is 0 Å². The van der Waals surface area contributed by atoms with Crippen molar-refractivity contribution in [3.8, 4) is 0 Å². The molecular formula is C11H19F2N3. The molecule has 0 aliphatic rings. The maximum absolute atomic E-state index is 12.8. The second kappa shape index (κ2) is 6.25. The highest BCUT2D eigenvalue weighted by Crippen LogP contribution is 2.24. The van der Waals surface area contributed by atoms with Crippen molar-refractivity contribution in [1.82, 2.24) is 5.01 Å². The lowest BCUT2D eigenvalue weighted by molar-refractivity contribution is 0.149. The number of nitrogens with two attached hydrogens (primary N) is 1. The first-order chi connectivity index (χ1) is 7.31. The minimum atomic E-state index is -2.55. The van der Waals surface area contributed by atoms with Gasteiger partial charge in [-0.15, -0.1) is 0 Å². The van der Waals surface area contributed by atoms with Crippen LogP contribution in [0.4, 0.5) is 8.78 Å². The van der Waals surface area contributed by atoms with Gasteiger partial charge in [0.05, 0.1) is 6.04 Å². The smallest absolute Gasteiger partial charge is 0.260 e. The lowest BCUT2D eigenvalue weighted by atomic mass is 9.93. The van der Waals surface area contributed by atoms with Crippen LogP contribution in [0.5, 0.6) is 0 Å². The number of hydrogen-bond donors (Lipinski definition) is 1. The van der Waals surface area contributed by atoms with Crippen molar-refractivity contribution in [3.63, 3.8) is 0 Å². The van der Waals surface area contributed by atoms with Crippen LogP contribution < -0.4 is 5.73 Å². The number of halogens is 2. The molecule has 3 nitrogen and oxygen atoms in total. The van der Waals surface area contributed by atoms with Gasteiger partial charge in [-0.2, -0.15) is 5.10 Å². The summed E-state index contributed by atoms with van der Waals surface area (Å²) in [6, 6.07) is -0.183. The van der Waals surface area contributed by atoms with Crippen molar-refractivity contribution in [2.45, 2.75) is 26.3 Å². The summed E-state index contributed by atoms with van der Waals surface area (Å²) in [5.74, 6) is -0.379. The van der Waals surface area contributed by atoms with E-state index < -0.39 is 6.43 Å². The highest BCUT2D eigenvalue weighted by molar-refractivity contribution is 5.24. The Balaban J connectivity index is 4.95. The average Bonchev–Trinajstić information content (AvgIpc) is 2.22. The van der Waals surface area contributed by atoms with Crippen LogP contribution >= 0.6 is 0 Å². The maximum atomic E-state index is 12.8. The molecule has 0 heterocycles. The van der Waals surface area contributed by atoms with E-state index in [2.05, 4.69) is 18.4 Å². The predicted molar refractivity (Wildman–Crippen MR) is 63.4 cm³/mol. The Morgan fingerprint density at radius 1 is 1.44 bits per heavy atom. The zero-order chi connectivity index (χ0) is 12.9.